The second-order valence-corrected chi connectivity index (χ2v) is 21.6. The number of hydrogen-bond acceptors (Lipinski definition) is 1. The fourth-order valence-electron chi connectivity index (χ4n) is 7.54. The lowest BCUT2D eigenvalue weighted by Crippen LogP contribution is -2.37. The Morgan fingerprint density at radius 2 is 1.42 bits per heavy atom. The molecule has 0 saturated carbocycles. The van der Waals surface area contributed by atoms with Crippen molar-refractivity contribution in [1.29, 1.82) is 0 Å². The maximum absolute atomic E-state index is 4.95. The molecule has 0 atom stereocenters. The first-order valence-corrected chi connectivity index (χ1v) is 19.4. The van der Waals surface area contributed by atoms with Gasteiger partial charge < -0.3 is 4.40 Å². The number of fused-ring (bicyclic) bond motifs is 7. The van der Waals surface area contributed by atoms with Crippen molar-refractivity contribution in [1.82, 2.24) is 9.38 Å². The summed E-state index contributed by atoms with van der Waals surface area (Å²) < 4.78 is 4.92. The van der Waals surface area contributed by atoms with Gasteiger partial charge in [-0.3, -0.25) is 0 Å². The molecular weight excluding hydrogens is 539 g/mol. The number of pyridine rings is 1. The lowest BCUT2D eigenvalue weighted by Gasteiger charge is -2.25. The lowest BCUT2D eigenvalue weighted by molar-refractivity contribution is -0.646. The normalized spacial score (nSPS) is 13.7. The van der Waals surface area contributed by atoms with Gasteiger partial charge in [-0.25, -0.2) is 4.57 Å². The molecule has 43 heavy (non-hydrogen) atoms. The van der Waals surface area contributed by atoms with Gasteiger partial charge in [0.1, 0.15) is 5.52 Å². The molecule has 0 aliphatic heterocycles. The van der Waals surface area contributed by atoms with Crippen molar-refractivity contribution in [3.63, 3.8) is 0 Å². The van der Waals surface area contributed by atoms with Crippen molar-refractivity contribution in [2.24, 2.45) is 17.9 Å². The van der Waals surface area contributed by atoms with Crippen LogP contribution in [0.2, 0.25) is 19.6 Å². The molecule has 7 aromatic rings. The smallest absolute Gasteiger partial charge is 0.287 e. The minimum atomic E-state index is -1.54. The fourth-order valence-corrected chi connectivity index (χ4v) is 8.70. The minimum Gasteiger partial charge on any atom is -0.307 e. The van der Waals surface area contributed by atoms with Crippen molar-refractivity contribution < 1.29 is 4.57 Å². The van der Waals surface area contributed by atoms with Crippen LogP contribution in [0.25, 0.3) is 59.9 Å². The Morgan fingerprint density at radius 1 is 0.744 bits per heavy atom. The molecule has 0 aliphatic rings. The van der Waals surface area contributed by atoms with Crippen molar-refractivity contribution >= 4 is 73.2 Å². The molecule has 0 unspecified atom stereocenters. The van der Waals surface area contributed by atoms with Crippen molar-refractivity contribution in [3.8, 4) is 0 Å². The van der Waals surface area contributed by atoms with Gasteiger partial charge >= 0.3 is 0 Å². The topological polar surface area (TPSA) is 21.2 Å². The molecule has 4 heteroatoms. The van der Waals surface area contributed by atoms with Gasteiger partial charge in [0.05, 0.1) is 42.4 Å². The third-order valence-corrected chi connectivity index (χ3v) is 11.4. The van der Waals surface area contributed by atoms with Gasteiger partial charge in [0.2, 0.25) is 0 Å². The van der Waals surface area contributed by atoms with Gasteiger partial charge in [0, 0.05) is 10.8 Å². The average molecular weight is 585 g/mol. The van der Waals surface area contributed by atoms with Crippen LogP contribution in [0.5, 0.6) is 0 Å². The molecule has 7 rings (SSSR count). The van der Waals surface area contributed by atoms with E-state index in [0.29, 0.717) is 0 Å². The molecule has 0 saturated heterocycles. The summed E-state index contributed by atoms with van der Waals surface area (Å²) in [6.07, 6.45) is 4.07. The summed E-state index contributed by atoms with van der Waals surface area (Å²) in [7, 11) is 0.639. The molecular formula is C39H46N3Si+. The highest BCUT2D eigenvalue weighted by atomic mass is 28.3. The average Bonchev–Trinajstić information content (AvgIpc) is 3.23. The standard InChI is InChI=1S/C39H46N3Si/c1-23-29-18-24(20-38(2,3)4)12-14-26(29)30(21-39(5,6)7)36-33(23)37-34-31(40-22-41(37)8)17-16-28-27-15-13-25(43(9,10)11)19-32(27)42(36)35(28)34/h12-19,22H,20-21H2,1-11H3/q+1. The van der Waals surface area contributed by atoms with Crippen LogP contribution in [0, 0.1) is 17.8 Å². The molecule has 3 nitrogen and oxygen atoms in total. The number of nitrogens with zero attached hydrogens (tertiary/aromatic N) is 3. The number of aryl methyl sites for hydroxylation is 2. The zero-order valence-electron chi connectivity index (χ0n) is 28.0. The number of hydrogen-bond donors (Lipinski definition) is 0. The van der Waals surface area contributed by atoms with Crippen LogP contribution in [0.1, 0.15) is 58.2 Å². The molecule has 3 aromatic heterocycles. The van der Waals surface area contributed by atoms with Crippen LogP contribution in [-0.4, -0.2) is 17.5 Å². The summed E-state index contributed by atoms with van der Waals surface area (Å²) in [5.41, 5.74) is 11.0. The van der Waals surface area contributed by atoms with E-state index in [1.807, 2.05) is 6.33 Å². The molecule has 0 amide bonds. The van der Waals surface area contributed by atoms with Crippen LogP contribution in [0.4, 0.5) is 0 Å². The first-order chi connectivity index (χ1) is 20.0. The van der Waals surface area contributed by atoms with E-state index >= 15 is 0 Å². The Morgan fingerprint density at radius 3 is 2.09 bits per heavy atom. The predicted octanol–water partition coefficient (Wildman–Crippen LogP) is 9.39. The molecule has 0 aliphatic carbocycles. The van der Waals surface area contributed by atoms with E-state index in [2.05, 4.69) is 133 Å². The van der Waals surface area contributed by atoms with Crippen LogP contribution < -0.4 is 9.75 Å². The SMILES string of the molecule is Cc1c2cc(CC(C)(C)C)ccc2c(CC(C)(C)C)c2c1c1c3c(ccc4c5ccc([Si](C)(C)C)cc5n2c43)nc[n+]1C. The summed E-state index contributed by atoms with van der Waals surface area (Å²) in [5.74, 6) is 0. The maximum Gasteiger partial charge on any atom is 0.287 e. The largest absolute Gasteiger partial charge is 0.307 e. The Kier molecular flexibility index (Phi) is 5.93. The molecule has 4 aromatic carbocycles. The summed E-state index contributed by atoms with van der Waals surface area (Å²) in [6.45, 7) is 23.9. The second-order valence-electron chi connectivity index (χ2n) is 16.6. The monoisotopic (exact) mass is 584 g/mol. The first kappa shape index (κ1) is 28.3. The summed E-state index contributed by atoms with van der Waals surface area (Å²) in [4.78, 5) is 4.95. The van der Waals surface area contributed by atoms with E-state index in [4.69, 9.17) is 4.98 Å². The summed E-state index contributed by atoms with van der Waals surface area (Å²) in [6, 6.07) is 19.2. The minimum absolute atomic E-state index is 0.123. The Hall–Kier alpha value is -3.50. The highest BCUT2D eigenvalue weighted by Crippen LogP contribution is 2.45. The summed E-state index contributed by atoms with van der Waals surface area (Å²) >= 11 is 0. The molecule has 0 N–H and O–H groups in total. The zero-order valence-corrected chi connectivity index (χ0v) is 29.0. The van der Waals surface area contributed by atoms with Crippen molar-refractivity contribution in [2.75, 3.05) is 0 Å². The fraction of sp³-hybridized carbons (Fsp3) is 0.385. The van der Waals surface area contributed by atoms with Crippen LogP contribution in [0.3, 0.4) is 0 Å². The van der Waals surface area contributed by atoms with Gasteiger partial charge in [-0.05, 0) is 81.2 Å². The molecule has 3 heterocycles. The third-order valence-electron chi connectivity index (χ3n) is 9.35. The van der Waals surface area contributed by atoms with E-state index in [9.17, 15) is 0 Å². The van der Waals surface area contributed by atoms with Gasteiger partial charge in [0.25, 0.3) is 6.33 Å². The van der Waals surface area contributed by atoms with Gasteiger partial charge in [-0.2, -0.15) is 0 Å². The van der Waals surface area contributed by atoms with Gasteiger partial charge in [-0.1, -0.05) is 96.7 Å². The molecule has 0 bridgehead atoms. The van der Waals surface area contributed by atoms with E-state index in [1.165, 1.54) is 76.3 Å². The highest BCUT2D eigenvalue weighted by Gasteiger charge is 2.29. The first-order valence-electron chi connectivity index (χ1n) is 15.9. The van der Waals surface area contributed by atoms with E-state index in [-0.39, 0.29) is 10.8 Å². The Labute approximate surface area is 256 Å². The molecule has 0 radical (unpaired) electrons. The molecule has 0 fully saturated rings. The number of benzene rings is 4. The van der Waals surface area contributed by atoms with Gasteiger partial charge in [0.15, 0.2) is 5.52 Å². The quantitative estimate of drug-likeness (QED) is 0.0877. The number of rotatable bonds is 3. The molecule has 220 valence electrons. The highest BCUT2D eigenvalue weighted by molar-refractivity contribution is 6.88. The predicted molar refractivity (Wildman–Crippen MR) is 189 cm³/mol. The Balaban J connectivity index is 1.82. The van der Waals surface area contributed by atoms with Crippen molar-refractivity contribution in [3.05, 3.63) is 71.5 Å². The maximum atomic E-state index is 4.95. The lowest BCUT2D eigenvalue weighted by atomic mass is 9.82. The van der Waals surface area contributed by atoms with E-state index < -0.39 is 8.07 Å². The zero-order chi connectivity index (χ0) is 30.8. The third kappa shape index (κ3) is 4.36. The number of aromatic nitrogens is 3. The van der Waals surface area contributed by atoms with Crippen LogP contribution in [-0.2, 0) is 19.9 Å². The van der Waals surface area contributed by atoms with E-state index in [1.54, 1.807) is 0 Å². The molecule has 0 spiro atoms. The second kappa shape index (κ2) is 9.01. The van der Waals surface area contributed by atoms with Gasteiger partial charge in [-0.15, -0.1) is 0 Å². The van der Waals surface area contributed by atoms with E-state index in [0.717, 1.165) is 18.4 Å². The van der Waals surface area contributed by atoms with Crippen LogP contribution in [0.15, 0.2) is 54.9 Å². The Bertz CT molecular complexity index is 2250. The van der Waals surface area contributed by atoms with Crippen LogP contribution >= 0.6 is 0 Å². The summed E-state index contributed by atoms with van der Waals surface area (Å²) in [5, 5.41) is 9.59. The van der Waals surface area contributed by atoms with Crippen molar-refractivity contribution in [2.45, 2.75) is 80.9 Å².